The minimum Gasteiger partial charge on any atom is -0.506 e. The fourth-order valence-electron chi connectivity index (χ4n) is 4.71. The number of aliphatic hydroxyl groups is 1. The molecular weight excluding hydrogens is 476 g/mol. The molecule has 1 atom stereocenters. The molecule has 4 N–H and O–H groups in total. The molecule has 1 fully saturated rings. The average Bonchev–Trinajstić information content (AvgIpc) is 3.41. The lowest BCUT2D eigenvalue weighted by Gasteiger charge is -2.41. The molecule has 1 aliphatic heterocycles. The standard InChI is InChI=1S/C27H25ClN6O2/c1-17-11-24(35)25(30-14-17)21-13-27(10-9-23(21)29,18-5-3-2-4-6-18)33-26(36)20-8-7-19(12-22(20)28)34-15-31-32-16-34/h2-8,11-12,14-16,29-30,35H,9-10,13H2,1H3,(H,33,36)/b25-21+,29-23?. The Labute approximate surface area is 213 Å². The Morgan fingerprint density at radius 1 is 1.19 bits per heavy atom. The van der Waals surface area contributed by atoms with Crippen LogP contribution in [0.1, 0.15) is 42.1 Å². The average molecular weight is 501 g/mol. The van der Waals surface area contributed by atoms with Crippen molar-refractivity contribution in [2.45, 2.75) is 31.7 Å². The van der Waals surface area contributed by atoms with Crippen molar-refractivity contribution in [3.63, 3.8) is 0 Å². The third-order valence-electron chi connectivity index (χ3n) is 6.60. The number of aliphatic hydroxyl groups excluding tert-OH is 1. The van der Waals surface area contributed by atoms with E-state index in [1.165, 1.54) is 0 Å². The first-order valence-corrected chi connectivity index (χ1v) is 11.9. The number of rotatable bonds is 4. The Morgan fingerprint density at radius 2 is 1.94 bits per heavy atom. The van der Waals surface area contributed by atoms with Crippen LogP contribution in [0.5, 0.6) is 0 Å². The van der Waals surface area contributed by atoms with Crippen molar-refractivity contribution >= 4 is 23.2 Å². The second kappa shape index (κ2) is 9.47. The number of amides is 1. The number of hydrogen-bond acceptors (Lipinski definition) is 6. The van der Waals surface area contributed by atoms with E-state index in [-0.39, 0.29) is 11.7 Å². The van der Waals surface area contributed by atoms with Gasteiger partial charge in [-0.1, -0.05) is 41.9 Å². The number of nitrogens with one attached hydrogen (secondary N) is 3. The third-order valence-corrected chi connectivity index (χ3v) is 6.92. The van der Waals surface area contributed by atoms with Gasteiger partial charge in [-0.25, -0.2) is 0 Å². The van der Waals surface area contributed by atoms with Crippen LogP contribution in [0.4, 0.5) is 0 Å². The molecule has 0 bridgehead atoms. The molecule has 1 amide bonds. The number of halogens is 1. The molecule has 1 aliphatic carbocycles. The van der Waals surface area contributed by atoms with E-state index >= 15 is 0 Å². The Hall–Kier alpha value is -4.17. The first-order chi connectivity index (χ1) is 17.4. The Kier molecular flexibility index (Phi) is 6.20. The van der Waals surface area contributed by atoms with Crippen molar-refractivity contribution in [3.8, 4) is 5.69 Å². The number of hydrogen-bond donors (Lipinski definition) is 4. The van der Waals surface area contributed by atoms with E-state index in [9.17, 15) is 9.90 Å². The summed E-state index contributed by atoms with van der Waals surface area (Å²) in [5.41, 5.74) is 3.69. The largest absolute Gasteiger partial charge is 0.506 e. The Morgan fingerprint density at radius 3 is 2.64 bits per heavy atom. The van der Waals surface area contributed by atoms with Crippen LogP contribution in [-0.4, -0.2) is 31.5 Å². The summed E-state index contributed by atoms with van der Waals surface area (Å²) in [6.45, 7) is 1.88. The highest BCUT2D eigenvalue weighted by Gasteiger charge is 2.41. The minimum atomic E-state index is -0.792. The van der Waals surface area contributed by atoms with Gasteiger partial charge in [0.05, 0.1) is 21.8 Å². The lowest BCUT2D eigenvalue weighted by Crippen LogP contribution is -2.49. The minimum absolute atomic E-state index is 0.0811. The lowest BCUT2D eigenvalue weighted by atomic mass is 9.72. The monoisotopic (exact) mass is 500 g/mol. The maximum Gasteiger partial charge on any atom is 0.253 e. The number of allylic oxidation sites excluding steroid dienone is 2. The zero-order valence-corrected chi connectivity index (χ0v) is 20.4. The van der Waals surface area contributed by atoms with Gasteiger partial charge in [-0.15, -0.1) is 10.2 Å². The van der Waals surface area contributed by atoms with E-state index in [1.807, 2.05) is 37.3 Å². The first kappa shape index (κ1) is 23.6. The molecule has 2 heterocycles. The van der Waals surface area contributed by atoms with E-state index in [2.05, 4.69) is 20.8 Å². The van der Waals surface area contributed by atoms with E-state index < -0.39 is 5.54 Å². The normalized spacial score (nSPS) is 21.9. The van der Waals surface area contributed by atoms with Gasteiger partial charge in [-0.05, 0) is 55.2 Å². The first-order valence-electron chi connectivity index (χ1n) is 11.5. The van der Waals surface area contributed by atoms with Gasteiger partial charge in [0.15, 0.2) is 0 Å². The van der Waals surface area contributed by atoms with Crippen molar-refractivity contribution in [3.05, 3.63) is 112 Å². The Balaban J connectivity index is 1.52. The van der Waals surface area contributed by atoms with Gasteiger partial charge < -0.3 is 21.1 Å². The second-order valence-electron chi connectivity index (χ2n) is 9.01. The van der Waals surface area contributed by atoms with Gasteiger partial charge in [0.1, 0.15) is 18.4 Å². The molecule has 1 unspecified atom stereocenters. The summed E-state index contributed by atoms with van der Waals surface area (Å²) in [7, 11) is 0. The lowest BCUT2D eigenvalue weighted by molar-refractivity contribution is 0.0888. The van der Waals surface area contributed by atoms with Crippen LogP contribution in [0.25, 0.3) is 5.69 Å². The van der Waals surface area contributed by atoms with Gasteiger partial charge >= 0.3 is 0 Å². The highest BCUT2D eigenvalue weighted by molar-refractivity contribution is 6.34. The zero-order valence-electron chi connectivity index (χ0n) is 19.6. The zero-order chi connectivity index (χ0) is 25.3. The van der Waals surface area contributed by atoms with Crippen LogP contribution in [0.3, 0.4) is 0 Å². The SMILES string of the molecule is CC1=CN/C(=C2\CC(NC(=O)c3ccc(-n4cnnc4)cc3Cl)(c3ccccc3)CCC2=N)C(O)=C1. The van der Waals surface area contributed by atoms with Crippen LogP contribution < -0.4 is 10.6 Å². The topological polar surface area (TPSA) is 116 Å². The molecule has 36 heavy (non-hydrogen) atoms. The van der Waals surface area contributed by atoms with Crippen molar-refractivity contribution in [1.29, 1.82) is 5.41 Å². The van der Waals surface area contributed by atoms with Crippen molar-refractivity contribution in [1.82, 2.24) is 25.4 Å². The van der Waals surface area contributed by atoms with Crippen LogP contribution in [0.2, 0.25) is 5.02 Å². The molecule has 8 nitrogen and oxygen atoms in total. The van der Waals surface area contributed by atoms with Crippen LogP contribution in [0.15, 0.2) is 96.1 Å². The summed E-state index contributed by atoms with van der Waals surface area (Å²) in [5, 5.41) is 33.6. The van der Waals surface area contributed by atoms with Crippen molar-refractivity contribution < 1.29 is 9.90 Å². The second-order valence-corrected chi connectivity index (χ2v) is 9.41. The molecule has 1 saturated carbocycles. The van der Waals surface area contributed by atoms with Gasteiger partial charge in [-0.3, -0.25) is 9.36 Å². The predicted molar refractivity (Wildman–Crippen MR) is 138 cm³/mol. The number of carbonyl (C=O) groups is 1. The highest BCUT2D eigenvalue weighted by atomic mass is 35.5. The molecule has 3 aromatic rings. The molecule has 182 valence electrons. The maximum atomic E-state index is 13.6. The molecule has 2 aliphatic rings. The maximum absolute atomic E-state index is 13.6. The van der Waals surface area contributed by atoms with Crippen molar-refractivity contribution in [2.24, 2.45) is 0 Å². The summed E-state index contributed by atoms with van der Waals surface area (Å²) in [6, 6.07) is 14.9. The van der Waals surface area contributed by atoms with Crippen LogP contribution in [0, 0.1) is 5.41 Å². The highest BCUT2D eigenvalue weighted by Crippen LogP contribution is 2.41. The quantitative estimate of drug-likeness (QED) is 0.404. The molecule has 1 aromatic heterocycles. The fourth-order valence-corrected chi connectivity index (χ4v) is 4.97. The van der Waals surface area contributed by atoms with Gasteiger partial charge in [0.25, 0.3) is 5.91 Å². The third kappa shape index (κ3) is 4.43. The summed E-state index contributed by atoms with van der Waals surface area (Å²) < 4.78 is 1.71. The number of nitrogens with zero attached hydrogens (tertiary/aromatic N) is 3. The number of benzene rings is 2. The molecule has 9 heteroatoms. The van der Waals surface area contributed by atoms with Gasteiger partial charge in [0, 0.05) is 29.6 Å². The predicted octanol–water partition coefficient (Wildman–Crippen LogP) is 4.95. The van der Waals surface area contributed by atoms with Crippen LogP contribution >= 0.6 is 11.6 Å². The molecular formula is C27H25ClN6O2. The molecule has 0 spiro atoms. The van der Waals surface area contributed by atoms with E-state index in [4.69, 9.17) is 17.0 Å². The fraction of sp³-hybridized carbons (Fsp3) is 0.185. The molecule has 2 aromatic carbocycles. The van der Waals surface area contributed by atoms with E-state index in [1.54, 1.807) is 47.7 Å². The van der Waals surface area contributed by atoms with Gasteiger partial charge in [-0.2, -0.15) is 0 Å². The summed E-state index contributed by atoms with van der Waals surface area (Å²) in [5.74, 6) is -0.235. The van der Waals surface area contributed by atoms with Crippen molar-refractivity contribution in [2.75, 3.05) is 0 Å². The van der Waals surface area contributed by atoms with Gasteiger partial charge in [0.2, 0.25) is 0 Å². The molecule has 5 rings (SSSR count). The Bertz CT molecular complexity index is 1430. The number of dihydropyridines is 1. The van der Waals surface area contributed by atoms with E-state index in [0.717, 1.165) is 16.8 Å². The molecule has 0 radical (unpaired) electrons. The van der Waals surface area contributed by atoms with Crippen LogP contribution in [-0.2, 0) is 5.54 Å². The number of carbonyl (C=O) groups excluding carboxylic acids is 1. The summed E-state index contributed by atoms with van der Waals surface area (Å²) >= 11 is 6.54. The summed E-state index contributed by atoms with van der Waals surface area (Å²) in [6.07, 6.45) is 7.89. The number of aromatic nitrogens is 3. The van der Waals surface area contributed by atoms with E-state index in [0.29, 0.717) is 46.8 Å². The summed E-state index contributed by atoms with van der Waals surface area (Å²) in [4.78, 5) is 13.6. The smallest absolute Gasteiger partial charge is 0.253 e. The molecule has 0 saturated heterocycles.